The highest BCUT2D eigenvalue weighted by Gasteiger charge is 2.26. The van der Waals surface area contributed by atoms with Gasteiger partial charge in [-0.2, -0.15) is 0 Å². The lowest BCUT2D eigenvalue weighted by atomic mass is 9.97. The van der Waals surface area contributed by atoms with Gasteiger partial charge < -0.3 is 15.4 Å². The minimum Gasteiger partial charge on any atom is -0.466 e. The number of aromatic nitrogens is 1. The largest absolute Gasteiger partial charge is 0.466 e. The summed E-state index contributed by atoms with van der Waals surface area (Å²) in [6.45, 7) is 3.17. The molecule has 2 rings (SSSR count). The fourth-order valence-corrected chi connectivity index (χ4v) is 4.19. The number of nitrogens with zero attached hydrogens (tertiary/aromatic N) is 2. The van der Waals surface area contributed by atoms with Crippen LogP contribution in [0.4, 0.5) is 0 Å². The van der Waals surface area contributed by atoms with E-state index in [0.717, 1.165) is 17.2 Å². The lowest BCUT2D eigenvalue weighted by Crippen LogP contribution is -2.44. The number of primary amides is 1. The van der Waals surface area contributed by atoms with Crippen LogP contribution in [0.3, 0.4) is 0 Å². The maximum atomic E-state index is 12.3. The van der Waals surface area contributed by atoms with Crippen LogP contribution in [0.1, 0.15) is 25.5 Å². The zero-order valence-electron chi connectivity index (χ0n) is 13.5. The van der Waals surface area contributed by atoms with E-state index in [0.29, 0.717) is 25.4 Å². The molecule has 0 aliphatic carbocycles. The zero-order chi connectivity index (χ0) is 17.5. The highest BCUT2D eigenvalue weighted by molar-refractivity contribution is 8.01. The van der Waals surface area contributed by atoms with Gasteiger partial charge in [-0.25, -0.2) is 4.98 Å². The van der Waals surface area contributed by atoms with Crippen molar-refractivity contribution in [1.29, 1.82) is 0 Å². The molecule has 1 saturated heterocycles. The molecule has 132 valence electrons. The fourth-order valence-electron chi connectivity index (χ4n) is 2.45. The van der Waals surface area contributed by atoms with Crippen molar-refractivity contribution in [2.75, 3.05) is 25.4 Å². The van der Waals surface area contributed by atoms with Crippen molar-refractivity contribution in [2.45, 2.75) is 30.5 Å². The van der Waals surface area contributed by atoms with Crippen molar-refractivity contribution < 1.29 is 19.1 Å². The van der Waals surface area contributed by atoms with E-state index in [1.807, 2.05) is 0 Å². The van der Waals surface area contributed by atoms with Gasteiger partial charge in [0.25, 0.3) is 0 Å². The normalized spacial score (nSPS) is 17.5. The van der Waals surface area contributed by atoms with Crippen molar-refractivity contribution >= 4 is 40.9 Å². The Bertz CT molecular complexity index is 605. The number of nitrogens with two attached hydrogens (primary N) is 1. The second-order valence-electron chi connectivity index (χ2n) is 5.46. The molecule has 1 aromatic heterocycles. The molecule has 2 amide bonds. The molecule has 1 aliphatic rings. The number of ether oxygens (including phenoxy) is 1. The summed E-state index contributed by atoms with van der Waals surface area (Å²) < 4.78 is 5.62. The Kier molecular flexibility index (Phi) is 7.04. The summed E-state index contributed by atoms with van der Waals surface area (Å²) in [5.41, 5.74) is 5.98. The number of thioether (sulfide) groups is 1. The Balaban J connectivity index is 1.80. The molecular formula is C15H21N3O4S2. The third-order valence-electron chi connectivity index (χ3n) is 3.66. The molecule has 2 heterocycles. The van der Waals surface area contributed by atoms with Gasteiger partial charge in [0.1, 0.15) is 0 Å². The van der Waals surface area contributed by atoms with Crippen LogP contribution in [0, 0.1) is 5.92 Å². The van der Waals surface area contributed by atoms with E-state index in [2.05, 4.69) is 4.98 Å². The summed E-state index contributed by atoms with van der Waals surface area (Å²) in [6.07, 6.45) is 1.69. The number of piperidine rings is 1. The van der Waals surface area contributed by atoms with Gasteiger partial charge in [-0.05, 0) is 19.8 Å². The third kappa shape index (κ3) is 5.48. The van der Waals surface area contributed by atoms with Crippen molar-refractivity contribution in [3.63, 3.8) is 0 Å². The van der Waals surface area contributed by atoms with Gasteiger partial charge in [0, 0.05) is 18.5 Å². The van der Waals surface area contributed by atoms with E-state index >= 15 is 0 Å². The highest BCUT2D eigenvalue weighted by atomic mass is 32.2. The first-order valence-electron chi connectivity index (χ1n) is 7.79. The first-order valence-corrected chi connectivity index (χ1v) is 9.66. The molecule has 0 saturated carbocycles. The van der Waals surface area contributed by atoms with E-state index in [1.165, 1.54) is 23.1 Å². The Morgan fingerprint density at radius 3 is 3.00 bits per heavy atom. The summed E-state index contributed by atoms with van der Waals surface area (Å²) in [5, 5.41) is 1.80. The van der Waals surface area contributed by atoms with Crippen molar-refractivity contribution in [3.05, 3.63) is 11.1 Å². The van der Waals surface area contributed by atoms with Gasteiger partial charge in [0.05, 0.1) is 30.4 Å². The molecular weight excluding hydrogens is 350 g/mol. The van der Waals surface area contributed by atoms with Gasteiger partial charge in [-0.3, -0.25) is 14.4 Å². The Morgan fingerprint density at radius 2 is 2.29 bits per heavy atom. The number of hydrogen-bond acceptors (Lipinski definition) is 7. The van der Waals surface area contributed by atoms with Crippen LogP contribution in [0.15, 0.2) is 9.72 Å². The number of hydrogen-bond donors (Lipinski definition) is 1. The first kappa shape index (κ1) is 18.7. The van der Waals surface area contributed by atoms with E-state index < -0.39 is 0 Å². The molecule has 0 aromatic carbocycles. The van der Waals surface area contributed by atoms with E-state index in [-0.39, 0.29) is 35.9 Å². The van der Waals surface area contributed by atoms with Crippen molar-refractivity contribution in [2.24, 2.45) is 11.7 Å². The summed E-state index contributed by atoms with van der Waals surface area (Å²) >= 11 is 2.74. The predicted molar refractivity (Wildman–Crippen MR) is 91.7 cm³/mol. The van der Waals surface area contributed by atoms with Crippen LogP contribution in [-0.2, 0) is 25.5 Å². The standard InChI is InChI=1S/C15H21N3O4S2/c1-2-22-13(20)6-11-8-23-15(17-11)24-9-12(19)18-5-3-4-10(7-18)14(16)21/h8,10H,2-7,9H2,1H3,(H2,16,21)/t10-/m0/s1. The van der Waals surface area contributed by atoms with Gasteiger partial charge in [0.2, 0.25) is 11.8 Å². The molecule has 1 aliphatic heterocycles. The number of thiazole rings is 1. The maximum absolute atomic E-state index is 12.3. The van der Waals surface area contributed by atoms with Crippen LogP contribution in [0.25, 0.3) is 0 Å². The molecule has 7 nitrogen and oxygen atoms in total. The van der Waals surface area contributed by atoms with Crippen molar-refractivity contribution in [1.82, 2.24) is 9.88 Å². The summed E-state index contributed by atoms with van der Waals surface area (Å²) in [7, 11) is 0. The molecule has 1 atom stereocenters. The minimum absolute atomic E-state index is 0.0203. The van der Waals surface area contributed by atoms with Gasteiger partial charge in [-0.1, -0.05) is 11.8 Å². The number of likely N-dealkylation sites (tertiary alicyclic amines) is 1. The first-order chi connectivity index (χ1) is 11.5. The second kappa shape index (κ2) is 9.03. The van der Waals surface area contributed by atoms with Crippen LogP contribution in [-0.4, -0.2) is 53.1 Å². The fraction of sp³-hybridized carbons (Fsp3) is 0.600. The molecule has 2 N–H and O–H groups in total. The molecule has 1 fully saturated rings. The quantitative estimate of drug-likeness (QED) is 0.568. The summed E-state index contributed by atoms with van der Waals surface area (Å²) in [4.78, 5) is 41.0. The SMILES string of the molecule is CCOC(=O)Cc1csc(SCC(=O)N2CCC[C@H](C(N)=O)C2)n1. The van der Waals surface area contributed by atoms with E-state index in [1.54, 1.807) is 17.2 Å². The van der Waals surface area contributed by atoms with Gasteiger partial charge >= 0.3 is 5.97 Å². The summed E-state index contributed by atoms with van der Waals surface area (Å²) in [5.74, 6) is -0.653. The zero-order valence-corrected chi connectivity index (χ0v) is 15.2. The monoisotopic (exact) mass is 371 g/mol. The van der Waals surface area contributed by atoms with Crippen LogP contribution < -0.4 is 5.73 Å². The number of carbonyl (C=O) groups excluding carboxylic acids is 3. The van der Waals surface area contributed by atoms with Crippen LogP contribution >= 0.6 is 23.1 Å². The molecule has 24 heavy (non-hydrogen) atoms. The molecule has 0 spiro atoms. The van der Waals surface area contributed by atoms with Crippen LogP contribution in [0.2, 0.25) is 0 Å². The third-order valence-corrected chi connectivity index (χ3v) is 5.71. The lowest BCUT2D eigenvalue weighted by Gasteiger charge is -2.31. The summed E-state index contributed by atoms with van der Waals surface area (Å²) in [6, 6.07) is 0. The number of rotatable bonds is 7. The predicted octanol–water partition coefficient (Wildman–Crippen LogP) is 1.06. The van der Waals surface area contributed by atoms with E-state index in [4.69, 9.17) is 10.5 Å². The van der Waals surface area contributed by atoms with Gasteiger partial charge in [0.15, 0.2) is 4.34 Å². The molecule has 9 heteroatoms. The maximum Gasteiger partial charge on any atom is 0.311 e. The van der Waals surface area contributed by atoms with Gasteiger partial charge in [-0.15, -0.1) is 11.3 Å². The average Bonchev–Trinajstić information content (AvgIpc) is 3.00. The smallest absolute Gasteiger partial charge is 0.311 e. The van der Waals surface area contributed by atoms with E-state index in [9.17, 15) is 14.4 Å². The molecule has 0 radical (unpaired) electrons. The second-order valence-corrected chi connectivity index (χ2v) is 7.54. The Labute approximate surface area is 148 Å². The Hall–Kier alpha value is -1.61. The van der Waals surface area contributed by atoms with Crippen LogP contribution in [0.5, 0.6) is 0 Å². The van der Waals surface area contributed by atoms with Crippen molar-refractivity contribution in [3.8, 4) is 0 Å². The lowest BCUT2D eigenvalue weighted by molar-refractivity contribution is -0.142. The Morgan fingerprint density at radius 1 is 1.50 bits per heavy atom. The average molecular weight is 371 g/mol. The topological polar surface area (TPSA) is 103 Å². The number of esters is 1. The number of amides is 2. The molecule has 0 unspecified atom stereocenters. The highest BCUT2D eigenvalue weighted by Crippen LogP contribution is 2.24. The molecule has 1 aromatic rings. The molecule has 0 bridgehead atoms. The minimum atomic E-state index is -0.344. The number of carbonyl (C=O) groups is 3.